The molecule has 0 fully saturated rings. The second-order valence-electron chi connectivity index (χ2n) is 2.74. The number of aromatic nitrogens is 2. The number of nitrogens with zero attached hydrogens (tertiary/aromatic N) is 2. The SMILES string of the molecule is CCCO.CCCOc1ccnc(Cl)n1. The van der Waals surface area contributed by atoms with Crippen LogP contribution >= 0.6 is 11.6 Å². The molecule has 0 bridgehead atoms. The lowest BCUT2D eigenvalue weighted by Gasteiger charge is -2.01. The Hall–Kier alpha value is -0.870. The number of hydrogen-bond acceptors (Lipinski definition) is 4. The third kappa shape index (κ3) is 8.15. The molecule has 0 saturated carbocycles. The van der Waals surface area contributed by atoms with Crippen LogP contribution in [0.15, 0.2) is 12.3 Å². The van der Waals surface area contributed by atoms with E-state index in [9.17, 15) is 0 Å². The minimum absolute atomic E-state index is 0.221. The van der Waals surface area contributed by atoms with Crippen molar-refractivity contribution in [3.63, 3.8) is 0 Å². The van der Waals surface area contributed by atoms with Crippen LogP contribution in [0, 0.1) is 0 Å². The van der Waals surface area contributed by atoms with Crippen molar-refractivity contribution in [1.82, 2.24) is 9.97 Å². The summed E-state index contributed by atoms with van der Waals surface area (Å²) in [6.07, 6.45) is 3.40. The molecular formula is C10H17ClN2O2. The first-order chi connectivity index (χ1) is 7.24. The van der Waals surface area contributed by atoms with Crippen LogP contribution in [0.2, 0.25) is 5.28 Å². The molecule has 0 aliphatic carbocycles. The Labute approximate surface area is 95.3 Å². The van der Waals surface area contributed by atoms with Crippen LogP contribution in [0.3, 0.4) is 0 Å². The normalized spacial score (nSPS) is 9.07. The summed E-state index contributed by atoms with van der Waals surface area (Å²) >= 11 is 5.52. The zero-order chi connectivity index (χ0) is 11.5. The highest BCUT2D eigenvalue weighted by Gasteiger charge is 1.94. The van der Waals surface area contributed by atoms with Gasteiger partial charge in [0.1, 0.15) is 0 Å². The van der Waals surface area contributed by atoms with Gasteiger partial charge in [0.25, 0.3) is 0 Å². The number of halogens is 1. The van der Waals surface area contributed by atoms with Gasteiger partial charge in [-0.2, -0.15) is 4.98 Å². The third-order valence-corrected chi connectivity index (χ3v) is 1.46. The maximum Gasteiger partial charge on any atom is 0.225 e. The van der Waals surface area contributed by atoms with E-state index in [1.165, 1.54) is 0 Å². The monoisotopic (exact) mass is 232 g/mol. The minimum atomic E-state index is 0.221. The van der Waals surface area contributed by atoms with E-state index < -0.39 is 0 Å². The first-order valence-electron chi connectivity index (χ1n) is 4.96. The highest BCUT2D eigenvalue weighted by molar-refractivity contribution is 6.28. The zero-order valence-corrected chi connectivity index (χ0v) is 9.87. The fraction of sp³-hybridized carbons (Fsp3) is 0.600. The Morgan fingerprint density at radius 2 is 2.07 bits per heavy atom. The first kappa shape index (κ1) is 14.1. The fourth-order valence-electron chi connectivity index (χ4n) is 0.607. The van der Waals surface area contributed by atoms with Crippen molar-refractivity contribution in [1.29, 1.82) is 0 Å². The van der Waals surface area contributed by atoms with Crippen molar-refractivity contribution < 1.29 is 9.84 Å². The summed E-state index contributed by atoms with van der Waals surface area (Å²) in [5.41, 5.74) is 0. The lowest BCUT2D eigenvalue weighted by Crippen LogP contribution is -1.97. The van der Waals surface area contributed by atoms with E-state index in [0.29, 0.717) is 19.1 Å². The molecule has 5 heteroatoms. The topological polar surface area (TPSA) is 55.2 Å². The molecule has 0 saturated heterocycles. The molecule has 0 amide bonds. The largest absolute Gasteiger partial charge is 0.478 e. The number of ether oxygens (including phenoxy) is 1. The molecule has 0 radical (unpaired) electrons. The van der Waals surface area contributed by atoms with E-state index in [4.69, 9.17) is 21.4 Å². The number of aliphatic hydroxyl groups excluding tert-OH is 1. The van der Waals surface area contributed by atoms with Crippen LogP contribution in [0.1, 0.15) is 26.7 Å². The van der Waals surface area contributed by atoms with Crippen molar-refractivity contribution in [3.05, 3.63) is 17.5 Å². The van der Waals surface area contributed by atoms with Gasteiger partial charge in [0, 0.05) is 18.9 Å². The summed E-state index contributed by atoms with van der Waals surface area (Å²) in [4.78, 5) is 7.57. The average molecular weight is 233 g/mol. The molecule has 1 N–H and O–H groups in total. The smallest absolute Gasteiger partial charge is 0.225 e. The second kappa shape index (κ2) is 9.68. The summed E-state index contributed by atoms with van der Waals surface area (Å²) < 4.78 is 5.20. The Kier molecular flexibility index (Phi) is 9.11. The number of rotatable bonds is 4. The van der Waals surface area contributed by atoms with E-state index in [-0.39, 0.29) is 5.28 Å². The molecule has 0 aromatic carbocycles. The molecular weight excluding hydrogens is 216 g/mol. The summed E-state index contributed by atoms with van der Waals surface area (Å²) in [5.74, 6) is 0.534. The summed E-state index contributed by atoms with van der Waals surface area (Å²) in [5, 5.41) is 8.10. The summed E-state index contributed by atoms with van der Waals surface area (Å²) in [7, 11) is 0. The zero-order valence-electron chi connectivity index (χ0n) is 9.11. The Balaban J connectivity index is 0.000000423. The van der Waals surface area contributed by atoms with Gasteiger partial charge in [-0.1, -0.05) is 13.8 Å². The quantitative estimate of drug-likeness (QED) is 0.810. The van der Waals surface area contributed by atoms with Crippen molar-refractivity contribution >= 4 is 11.6 Å². The van der Waals surface area contributed by atoms with Crippen LogP contribution in [-0.2, 0) is 0 Å². The highest BCUT2D eigenvalue weighted by atomic mass is 35.5. The molecule has 0 spiro atoms. The minimum Gasteiger partial charge on any atom is -0.478 e. The van der Waals surface area contributed by atoms with Gasteiger partial charge in [-0.25, -0.2) is 4.98 Å². The van der Waals surface area contributed by atoms with E-state index in [2.05, 4.69) is 9.97 Å². The molecule has 4 nitrogen and oxygen atoms in total. The van der Waals surface area contributed by atoms with Gasteiger partial charge in [-0.15, -0.1) is 0 Å². The Bertz CT molecular complexity index is 257. The van der Waals surface area contributed by atoms with Crippen molar-refractivity contribution in [3.8, 4) is 5.88 Å². The molecule has 1 aromatic heterocycles. The lowest BCUT2D eigenvalue weighted by atomic mass is 10.5. The predicted molar refractivity (Wildman–Crippen MR) is 60.2 cm³/mol. The van der Waals surface area contributed by atoms with E-state index in [1.807, 2.05) is 13.8 Å². The molecule has 0 aliphatic rings. The molecule has 86 valence electrons. The van der Waals surface area contributed by atoms with Crippen LogP contribution in [0.25, 0.3) is 0 Å². The van der Waals surface area contributed by atoms with Gasteiger partial charge in [0.15, 0.2) is 0 Å². The molecule has 0 atom stereocenters. The molecule has 1 heterocycles. The fourth-order valence-corrected chi connectivity index (χ4v) is 0.746. The van der Waals surface area contributed by atoms with Crippen LogP contribution in [-0.4, -0.2) is 28.3 Å². The molecule has 1 rings (SSSR count). The number of hydrogen-bond donors (Lipinski definition) is 1. The maximum atomic E-state index is 7.88. The van der Waals surface area contributed by atoms with Crippen LogP contribution in [0.5, 0.6) is 5.88 Å². The predicted octanol–water partition coefficient (Wildman–Crippen LogP) is 2.31. The standard InChI is InChI=1S/C7H9ClN2O.C3H8O/c1-2-5-11-6-3-4-9-7(8)10-6;1-2-3-4/h3-4H,2,5H2,1H3;4H,2-3H2,1H3. The molecule has 1 aromatic rings. The average Bonchev–Trinajstić information content (AvgIpc) is 2.27. The van der Waals surface area contributed by atoms with Gasteiger partial charge in [0.05, 0.1) is 6.61 Å². The summed E-state index contributed by atoms with van der Waals surface area (Å²) in [6.45, 7) is 4.94. The second-order valence-corrected chi connectivity index (χ2v) is 3.07. The van der Waals surface area contributed by atoms with Crippen molar-refractivity contribution in [2.24, 2.45) is 0 Å². The Morgan fingerprint density at radius 3 is 2.53 bits per heavy atom. The van der Waals surface area contributed by atoms with Gasteiger partial charge >= 0.3 is 0 Å². The maximum absolute atomic E-state index is 7.88. The summed E-state index contributed by atoms with van der Waals surface area (Å²) in [6, 6.07) is 1.68. The highest BCUT2D eigenvalue weighted by Crippen LogP contribution is 2.07. The van der Waals surface area contributed by atoms with E-state index in [1.54, 1.807) is 12.3 Å². The van der Waals surface area contributed by atoms with Gasteiger partial charge in [-0.3, -0.25) is 0 Å². The van der Waals surface area contributed by atoms with Crippen LogP contribution in [0.4, 0.5) is 0 Å². The van der Waals surface area contributed by atoms with E-state index in [0.717, 1.165) is 12.8 Å². The van der Waals surface area contributed by atoms with Gasteiger partial charge in [0.2, 0.25) is 11.2 Å². The third-order valence-electron chi connectivity index (χ3n) is 1.28. The van der Waals surface area contributed by atoms with Crippen molar-refractivity contribution in [2.45, 2.75) is 26.7 Å². The van der Waals surface area contributed by atoms with Gasteiger partial charge in [-0.05, 0) is 24.4 Å². The van der Waals surface area contributed by atoms with Gasteiger partial charge < -0.3 is 9.84 Å². The lowest BCUT2D eigenvalue weighted by molar-refractivity contribution is 0.295. The molecule has 0 aliphatic heterocycles. The van der Waals surface area contributed by atoms with Crippen LogP contribution < -0.4 is 4.74 Å². The van der Waals surface area contributed by atoms with E-state index >= 15 is 0 Å². The first-order valence-corrected chi connectivity index (χ1v) is 5.34. The Morgan fingerprint density at radius 1 is 1.40 bits per heavy atom. The molecule has 0 unspecified atom stereocenters. The van der Waals surface area contributed by atoms with Crippen molar-refractivity contribution in [2.75, 3.05) is 13.2 Å². The molecule has 15 heavy (non-hydrogen) atoms. The number of aliphatic hydroxyl groups is 1.